The molecule has 6 heteroatoms. The lowest BCUT2D eigenvalue weighted by Gasteiger charge is -2.18. The molecule has 0 heterocycles. The van der Waals surface area contributed by atoms with Gasteiger partial charge in [-0.2, -0.15) is 13.2 Å². The number of aryl methyl sites for hydroxylation is 1. The molecule has 0 aliphatic rings. The van der Waals surface area contributed by atoms with Crippen molar-refractivity contribution in [1.82, 2.24) is 0 Å². The molecule has 0 radical (unpaired) electrons. The molecule has 0 atom stereocenters. The van der Waals surface area contributed by atoms with Gasteiger partial charge in [0.2, 0.25) is 6.41 Å². The molecule has 0 aromatic heterocycles. The number of halogens is 3. The number of rotatable bonds is 5. The average molecular weight is 325 g/mol. The molecule has 0 unspecified atom stereocenters. The molecule has 0 aliphatic carbocycles. The largest absolute Gasteiger partial charge is 0.416 e. The number of hydrogen-bond donors (Lipinski definition) is 0. The number of carbonyl (C=O) groups excluding carboxylic acids is 1. The summed E-state index contributed by atoms with van der Waals surface area (Å²) in [4.78, 5) is 13.6. The van der Waals surface area contributed by atoms with Crippen LogP contribution < -0.4 is 4.90 Å². The Balaban J connectivity index is 2.09. The fourth-order valence-corrected chi connectivity index (χ4v) is 2.82. The second kappa shape index (κ2) is 6.87. The minimum atomic E-state index is -4.37. The highest BCUT2D eigenvalue weighted by atomic mass is 32.2. The number of carbonyl (C=O) groups is 1. The van der Waals surface area contributed by atoms with Crippen molar-refractivity contribution in [3.8, 4) is 0 Å². The van der Waals surface area contributed by atoms with Crippen molar-refractivity contribution in [1.29, 1.82) is 0 Å². The summed E-state index contributed by atoms with van der Waals surface area (Å²) in [5, 5.41) is 0. The van der Waals surface area contributed by atoms with E-state index in [1.54, 1.807) is 0 Å². The van der Waals surface area contributed by atoms with Gasteiger partial charge in [0.05, 0.1) is 11.4 Å². The lowest BCUT2D eigenvalue weighted by Crippen LogP contribution is -2.20. The summed E-state index contributed by atoms with van der Waals surface area (Å²) < 4.78 is 37.6. The highest BCUT2D eigenvalue weighted by molar-refractivity contribution is 7.99. The molecule has 0 fully saturated rings. The lowest BCUT2D eigenvalue weighted by molar-refractivity contribution is -0.137. The molecule has 0 saturated heterocycles. The molecule has 2 aromatic rings. The Morgan fingerprint density at radius 3 is 2.27 bits per heavy atom. The molecule has 2 rings (SSSR count). The van der Waals surface area contributed by atoms with E-state index < -0.39 is 11.7 Å². The smallest absolute Gasteiger partial charge is 0.305 e. The van der Waals surface area contributed by atoms with E-state index in [1.165, 1.54) is 28.8 Å². The number of amides is 1. The van der Waals surface area contributed by atoms with Crippen LogP contribution in [0.25, 0.3) is 0 Å². The van der Waals surface area contributed by atoms with Crippen LogP contribution in [0.3, 0.4) is 0 Å². The number of nitrogens with zero attached hydrogens (tertiary/aromatic N) is 1. The van der Waals surface area contributed by atoms with Crippen molar-refractivity contribution in [2.24, 2.45) is 0 Å². The van der Waals surface area contributed by atoms with Crippen molar-refractivity contribution >= 4 is 23.9 Å². The van der Waals surface area contributed by atoms with Crippen LogP contribution in [0, 0.1) is 6.92 Å². The van der Waals surface area contributed by atoms with Crippen LogP contribution >= 0.6 is 11.8 Å². The first kappa shape index (κ1) is 16.4. The van der Waals surface area contributed by atoms with Crippen LogP contribution in [-0.4, -0.2) is 12.3 Å². The van der Waals surface area contributed by atoms with Crippen LogP contribution in [0.4, 0.5) is 18.9 Å². The third-order valence-electron chi connectivity index (χ3n) is 3.11. The summed E-state index contributed by atoms with van der Waals surface area (Å²) in [5.41, 5.74) is 0.795. The maximum atomic E-state index is 12.5. The summed E-state index contributed by atoms with van der Waals surface area (Å²) in [6.45, 7) is 1.96. The van der Waals surface area contributed by atoms with Gasteiger partial charge in [0.1, 0.15) is 0 Å². The third-order valence-corrected chi connectivity index (χ3v) is 4.28. The quantitative estimate of drug-likeness (QED) is 0.450. The molecule has 22 heavy (non-hydrogen) atoms. The number of alkyl halides is 3. The molecule has 2 aromatic carbocycles. The van der Waals surface area contributed by atoms with Gasteiger partial charge in [-0.3, -0.25) is 4.79 Å². The molecule has 1 amide bonds. The van der Waals surface area contributed by atoms with Crippen LogP contribution in [-0.2, 0) is 11.0 Å². The fourth-order valence-electron chi connectivity index (χ4n) is 1.87. The van der Waals surface area contributed by atoms with Crippen molar-refractivity contribution < 1.29 is 18.0 Å². The van der Waals surface area contributed by atoms with Gasteiger partial charge in [-0.05, 0) is 42.8 Å². The van der Waals surface area contributed by atoms with Crippen molar-refractivity contribution in [3.63, 3.8) is 0 Å². The van der Waals surface area contributed by atoms with E-state index in [9.17, 15) is 18.0 Å². The molecule has 0 N–H and O–H groups in total. The number of thioether (sulfide) groups is 1. The first-order valence-corrected chi connectivity index (χ1v) is 7.48. The first-order valence-electron chi connectivity index (χ1n) is 6.49. The monoisotopic (exact) mass is 325 g/mol. The Kier molecular flexibility index (Phi) is 5.13. The zero-order valence-electron chi connectivity index (χ0n) is 11.8. The topological polar surface area (TPSA) is 20.3 Å². The van der Waals surface area contributed by atoms with Crippen LogP contribution in [0.2, 0.25) is 0 Å². The zero-order chi connectivity index (χ0) is 16.2. The highest BCUT2D eigenvalue weighted by Gasteiger charge is 2.30. The van der Waals surface area contributed by atoms with Gasteiger partial charge in [-0.25, -0.2) is 0 Å². The Bertz CT molecular complexity index is 641. The zero-order valence-corrected chi connectivity index (χ0v) is 12.6. The highest BCUT2D eigenvalue weighted by Crippen LogP contribution is 2.31. The molecular formula is C16H14F3NOS. The van der Waals surface area contributed by atoms with Crippen LogP contribution in [0.5, 0.6) is 0 Å². The predicted octanol–water partition coefficient (Wildman–Crippen LogP) is 4.73. The minimum absolute atomic E-state index is 0.333. The van der Waals surface area contributed by atoms with Gasteiger partial charge in [0, 0.05) is 10.6 Å². The lowest BCUT2D eigenvalue weighted by atomic mass is 10.2. The van der Waals surface area contributed by atoms with E-state index in [2.05, 4.69) is 0 Å². The Labute approximate surface area is 130 Å². The van der Waals surface area contributed by atoms with Crippen LogP contribution in [0.1, 0.15) is 11.1 Å². The Morgan fingerprint density at radius 1 is 1.09 bits per heavy atom. The van der Waals surface area contributed by atoms with Gasteiger partial charge >= 0.3 is 6.18 Å². The SMILES string of the molecule is Cc1ccccc1SCN(C=O)c1ccc(C(F)(F)F)cc1. The standard InChI is InChI=1S/C16H14F3NOS/c1-12-4-2-3-5-15(12)22-11-20(10-21)14-8-6-13(7-9-14)16(17,18)19/h2-10H,11H2,1H3. The van der Waals surface area contributed by atoms with E-state index in [0.29, 0.717) is 18.0 Å². The molecular weight excluding hydrogens is 311 g/mol. The Morgan fingerprint density at radius 2 is 1.73 bits per heavy atom. The average Bonchev–Trinajstić information content (AvgIpc) is 2.49. The first-order chi connectivity index (χ1) is 10.4. The van der Waals surface area contributed by atoms with Gasteiger partial charge in [-0.1, -0.05) is 18.2 Å². The maximum Gasteiger partial charge on any atom is 0.416 e. The van der Waals surface area contributed by atoms with Gasteiger partial charge in [0.15, 0.2) is 0 Å². The fraction of sp³-hybridized carbons (Fsp3) is 0.188. The number of anilines is 1. The predicted molar refractivity (Wildman–Crippen MR) is 81.9 cm³/mol. The van der Waals surface area contributed by atoms with E-state index >= 15 is 0 Å². The Hall–Kier alpha value is -1.95. The van der Waals surface area contributed by atoms with E-state index in [4.69, 9.17) is 0 Å². The molecule has 0 aliphatic heterocycles. The normalized spacial score (nSPS) is 11.3. The van der Waals surface area contributed by atoms with Crippen LogP contribution in [0.15, 0.2) is 53.4 Å². The van der Waals surface area contributed by atoms with Gasteiger partial charge in [0.25, 0.3) is 0 Å². The van der Waals surface area contributed by atoms with E-state index in [1.807, 2.05) is 31.2 Å². The third kappa shape index (κ3) is 4.04. The number of hydrogen-bond acceptors (Lipinski definition) is 2. The van der Waals surface area contributed by atoms with Gasteiger partial charge in [-0.15, -0.1) is 11.8 Å². The summed E-state index contributed by atoms with van der Waals surface area (Å²) >= 11 is 1.46. The second-order valence-corrected chi connectivity index (χ2v) is 5.65. The summed E-state index contributed by atoms with van der Waals surface area (Å²) in [5.74, 6) is 0.333. The van der Waals surface area contributed by atoms with Crippen molar-refractivity contribution in [3.05, 3.63) is 59.7 Å². The van der Waals surface area contributed by atoms with Crippen molar-refractivity contribution in [2.75, 3.05) is 10.8 Å². The summed E-state index contributed by atoms with van der Waals surface area (Å²) in [6.07, 6.45) is -3.76. The molecule has 0 saturated carbocycles. The number of benzene rings is 2. The van der Waals surface area contributed by atoms with E-state index in [0.717, 1.165) is 22.6 Å². The molecule has 2 nitrogen and oxygen atoms in total. The second-order valence-electron chi connectivity index (χ2n) is 4.66. The van der Waals surface area contributed by atoms with E-state index in [-0.39, 0.29) is 0 Å². The van der Waals surface area contributed by atoms with Gasteiger partial charge < -0.3 is 4.90 Å². The molecule has 0 spiro atoms. The summed E-state index contributed by atoms with van der Waals surface area (Å²) in [7, 11) is 0. The summed E-state index contributed by atoms with van der Waals surface area (Å²) in [6, 6.07) is 12.3. The van der Waals surface area contributed by atoms with Crippen molar-refractivity contribution in [2.45, 2.75) is 18.0 Å². The molecule has 0 bridgehead atoms. The minimum Gasteiger partial charge on any atom is -0.305 e. The molecule has 116 valence electrons. The maximum absolute atomic E-state index is 12.5.